The van der Waals surface area contributed by atoms with Crippen molar-refractivity contribution in [2.24, 2.45) is 0 Å². The molecule has 3 rings (SSSR count). The summed E-state index contributed by atoms with van der Waals surface area (Å²) >= 11 is 0. The zero-order chi connectivity index (χ0) is 31.0. The lowest BCUT2D eigenvalue weighted by Crippen LogP contribution is -2.51. The van der Waals surface area contributed by atoms with E-state index in [4.69, 9.17) is 9.47 Å². The third kappa shape index (κ3) is 8.47. The molecule has 6 nitrogen and oxygen atoms in total. The van der Waals surface area contributed by atoms with Gasteiger partial charge in [0.25, 0.3) is 0 Å². The van der Waals surface area contributed by atoms with Crippen molar-refractivity contribution < 1.29 is 19.7 Å². The predicted molar refractivity (Wildman–Crippen MR) is 169 cm³/mol. The Morgan fingerprint density at radius 1 is 0.585 bits per heavy atom. The number of hydrogen-bond acceptors (Lipinski definition) is 6. The molecule has 2 aromatic carbocycles. The van der Waals surface area contributed by atoms with Gasteiger partial charge in [0.15, 0.2) is 0 Å². The van der Waals surface area contributed by atoms with Crippen molar-refractivity contribution in [3.8, 4) is 11.5 Å². The summed E-state index contributed by atoms with van der Waals surface area (Å²) in [7, 11) is 0. The molecule has 1 fully saturated rings. The highest BCUT2D eigenvalue weighted by Gasteiger charge is 2.29. The van der Waals surface area contributed by atoms with E-state index in [2.05, 4.69) is 118 Å². The topological polar surface area (TPSA) is 83.0 Å². The van der Waals surface area contributed by atoms with Crippen LogP contribution in [-0.4, -0.2) is 42.3 Å². The summed E-state index contributed by atoms with van der Waals surface area (Å²) in [6.45, 7) is 28.2. The van der Waals surface area contributed by atoms with Crippen LogP contribution in [0.15, 0.2) is 24.3 Å². The number of aromatic hydroxyl groups is 2. The van der Waals surface area contributed by atoms with Gasteiger partial charge < -0.3 is 30.3 Å². The summed E-state index contributed by atoms with van der Waals surface area (Å²) in [6.07, 6.45) is 0. The molecule has 6 heteroatoms. The van der Waals surface area contributed by atoms with Crippen LogP contribution in [0.3, 0.4) is 0 Å². The van der Waals surface area contributed by atoms with E-state index in [0.29, 0.717) is 37.8 Å². The number of ether oxygens (including phenoxy) is 2. The third-order valence-corrected chi connectivity index (χ3v) is 8.08. The minimum Gasteiger partial charge on any atom is -0.507 e. The normalized spacial score (nSPS) is 19.3. The molecule has 2 atom stereocenters. The van der Waals surface area contributed by atoms with Crippen molar-refractivity contribution in [2.45, 2.75) is 130 Å². The quantitative estimate of drug-likeness (QED) is 0.303. The highest BCUT2D eigenvalue weighted by molar-refractivity contribution is 5.50. The molecule has 0 unspecified atom stereocenters. The molecule has 0 spiro atoms. The molecule has 41 heavy (non-hydrogen) atoms. The van der Waals surface area contributed by atoms with Crippen LogP contribution >= 0.6 is 0 Å². The average molecular weight is 569 g/mol. The van der Waals surface area contributed by atoms with Crippen LogP contribution in [-0.2, 0) is 44.2 Å². The Labute approximate surface area is 249 Å². The lowest BCUT2D eigenvalue weighted by Gasteiger charge is -2.30. The predicted octanol–water partition coefficient (Wildman–Crippen LogP) is 6.91. The van der Waals surface area contributed by atoms with E-state index in [-0.39, 0.29) is 40.5 Å². The third-order valence-electron chi connectivity index (χ3n) is 8.08. The Kier molecular flexibility index (Phi) is 9.97. The molecule has 1 saturated heterocycles. The van der Waals surface area contributed by atoms with Crippen LogP contribution in [0.25, 0.3) is 0 Å². The first-order valence-corrected chi connectivity index (χ1v) is 15.1. The second-order valence-corrected chi connectivity index (χ2v) is 15.9. The Hall–Kier alpha value is -2.12. The van der Waals surface area contributed by atoms with Gasteiger partial charge in [-0.2, -0.15) is 0 Å². The molecule has 0 bridgehead atoms. The number of phenolic OH excluding ortho intramolecular Hbond substituents is 2. The van der Waals surface area contributed by atoms with E-state index < -0.39 is 0 Å². The fraction of sp³-hybridized carbons (Fsp3) is 0.657. The highest BCUT2D eigenvalue weighted by Crippen LogP contribution is 2.39. The molecular weight excluding hydrogens is 512 g/mol. The molecule has 2 aromatic rings. The van der Waals surface area contributed by atoms with Crippen LogP contribution in [0.5, 0.6) is 11.5 Å². The first-order valence-electron chi connectivity index (χ1n) is 15.1. The first kappa shape index (κ1) is 33.4. The molecule has 0 aliphatic carbocycles. The number of nitrogens with one attached hydrogen (secondary N) is 2. The lowest BCUT2D eigenvalue weighted by molar-refractivity contribution is -0.0352. The van der Waals surface area contributed by atoms with Crippen LogP contribution < -0.4 is 10.6 Å². The Morgan fingerprint density at radius 3 is 1.22 bits per heavy atom. The van der Waals surface area contributed by atoms with Gasteiger partial charge in [0.05, 0.1) is 13.2 Å². The summed E-state index contributed by atoms with van der Waals surface area (Å²) in [5.41, 5.74) is 5.65. The smallest absolute Gasteiger partial charge is 0.146 e. The SMILES string of the molecule is CC(C)(C)c1cc(CN[C@H]2COCOC[C@@H]2NCc2cc(C(C)(C)C)cc(C(C)(C)C)c2O)c(O)c(C(C)(C)C)c1. The lowest BCUT2D eigenvalue weighted by atomic mass is 9.79. The van der Waals surface area contributed by atoms with E-state index in [1.807, 2.05) is 0 Å². The van der Waals surface area contributed by atoms with Gasteiger partial charge in [0.1, 0.15) is 18.3 Å². The standard InChI is InChI=1S/C35H56N2O4/c1-32(2,3)24-13-22(30(38)26(15-24)34(7,8)9)17-36-28-19-40-21-41-20-29(28)37-18-23-14-25(33(4,5)6)16-27(31(23)39)35(10,11)12/h13-16,28-29,36-39H,17-21H2,1-12H3/t28-,29-/m0/s1. The van der Waals surface area contributed by atoms with Crippen molar-refractivity contribution in [1.82, 2.24) is 10.6 Å². The van der Waals surface area contributed by atoms with Gasteiger partial charge in [-0.1, -0.05) is 107 Å². The zero-order valence-electron chi connectivity index (χ0n) is 27.7. The van der Waals surface area contributed by atoms with E-state index in [1.165, 1.54) is 11.1 Å². The summed E-state index contributed by atoms with van der Waals surface area (Å²) < 4.78 is 11.6. The zero-order valence-corrected chi connectivity index (χ0v) is 27.7. The van der Waals surface area contributed by atoms with E-state index in [9.17, 15) is 10.2 Å². The maximum atomic E-state index is 11.3. The molecule has 230 valence electrons. The van der Waals surface area contributed by atoms with Gasteiger partial charge in [-0.25, -0.2) is 0 Å². The molecule has 0 aromatic heterocycles. The Balaban J connectivity index is 1.87. The van der Waals surface area contributed by atoms with E-state index in [1.54, 1.807) is 0 Å². The van der Waals surface area contributed by atoms with Crippen molar-refractivity contribution >= 4 is 0 Å². The molecule has 0 radical (unpaired) electrons. The molecule has 1 aliphatic rings. The van der Waals surface area contributed by atoms with Gasteiger partial charge in [0.2, 0.25) is 0 Å². The van der Waals surface area contributed by atoms with Crippen molar-refractivity contribution in [1.29, 1.82) is 0 Å². The van der Waals surface area contributed by atoms with Crippen LogP contribution in [0, 0.1) is 0 Å². The van der Waals surface area contributed by atoms with Crippen molar-refractivity contribution in [3.05, 3.63) is 57.6 Å². The summed E-state index contributed by atoms with van der Waals surface area (Å²) in [5.74, 6) is 0.707. The minimum absolute atomic E-state index is 0.0404. The summed E-state index contributed by atoms with van der Waals surface area (Å²) in [5, 5.41) is 29.9. The highest BCUT2D eigenvalue weighted by atomic mass is 16.7. The molecule has 4 N–H and O–H groups in total. The van der Waals surface area contributed by atoms with E-state index in [0.717, 1.165) is 22.3 Å². The molecule has 1 heterocycles. The second-order valence-electron chi connectivity index (χ2n) is 15.9. The Morgan fingerprint density at radius 2 is 0.927 bits per heavy atom. The summed E-state index contributed by atoms with van der Waals surface area (Å²) in [4.78, 5) is 0. The molecular formula is C35H56N2O4. The van der Waals surface area contributed by atoms with Gasteiger partial charge >= 0.3 is 0 Å². The van der Waals surface area contributed by atoms with Gasteiger partial charge in [-0.05, 0) is 43.9 Å². The molecule has 0 saturated carbocycles. The number of benzene rings is 2. The second kappa shape index (κ2) is 12.2. The van der Waals surface area contributed by atoms with Crippen LogP contribution in [0.4, 0.5) is 0 Å². The maximum Gasteiger partial charge on any atom is 0.146 e. The first-order chi connectivity index (χ1) is 18.7. The minimum atomic E-state index is -0.182. The van der Waals surface area contributed by atoms with Gasteiger partial charge in [0, 0.05) is 36.3 Å². The summed E-state index contributed by atoms with van der Waals surface area (Å²) in [6, 6.07) is 8.44. The largest absolute Gasteiger partial charge is 0.507 e. The van der Waals surface area contributed by atoms with Crippen molar-refractivity contribution in [2.75, 3.05) is 20.0 Å². The average Bonchev–Trinajstić information content (AvgIpc) is 3.04. The molecule has 0 amide bonds. The Bertz CT molecular complexity index is 1100. The van der Waals surface area contributed by atoms with Crippen LogP contribution in [0.1, 0.15) is 116 Å². The van der Waals surface area contributed by atoms with E-state index >= 15 is 0 Å². The molecule has 1 aliphatic heterocycles. The maximum absolute atomic E-state index is 11.3. The monoisotopic (exact) mass is 568 g/mol. The van der Waals surface area contributed by atoms with Crippen LogP contribution in [0.2, 0.25) is 0 Å². The number of phenols is 2. The number of hydrogen-bond donors (Lipinski definition) is 4. The fourth-order valence-corrected chi connectivity index (χ4v) is 5.19. The number of rotatable bonds is 6. The van der Waals surface area contributed by atoms with Gasteiger partial charge in [-0.15, -0.1) is 0 Å². The fourth-order valence-electron chi connectivity index (χ4n) is 5.19. The van der Waals surface area contributed by atoms with Gasteiger partial charge in [-0.3, -0.25) is 0 Å². The van der Waals surface area contributed by atoms with Crippen molar-refractivity contribution in [3.63, 3.8) is 0 Å².